The highest BCUT2D eigenvalue weighted by atomic mass is 79.9. The number of pyridine rings is 1. The minimum Gasteiger partial charge on any atom is -0.492 e. The first-order valence-electron chi connectivity index (χ1n) is 6.43. The van der Waals surface area contributed by atoms with Gasteiger partial charge in [-0.25, -0.2) is 0 Å². The Hall–Kier alpha value is -0.570. The van der Waals surface area contributed by atoms with Crippen molar-refractivity contribution in [2.24, 2.45) is 0 Å². The van der Waals surface area contributed by atoms with E-state index >= 15 is 0 Å². The zero-order valence-corrected chi connectivity index (χ0v) is 12.4. The molecule has 0 unspecified atom stereocenters. The maximum absolute atomic E-state index is 5.77. The zero-order valence-electron chi connectivity index (χ0n) is 10.8. The van der Waals surface area contributed by atoms with Crippen LogP contribution < -0.4 is 4.74 Å². The maximum atomic E-state index is 5.77. The molecule has 0 saturated heterocycles. The number of aromatic nitrogens is 1. The van der Waals surface area contributed by atoms with Crippen LogP contribution in [0.1, 0.15) is 50.4 Å². The van der Waals surface area contributed by atoms with Gasteiger partial charge in [0.15, 0.2) is 0 Å². The molecule has 1 aromatic heterocycles. The van der Waals surface area contributed by atoms with Gasteiger partial charge in [0.2, 0.25) is 0 Å². The molecule has 0 N–H and O–H groups in total. The molecule has 0 spiro atoms. The Morgan fingerprint density at radius 2 is 1.94 bits per heavy atom. The van der Waals surface area contributed by atoms with Crippen LogP contribution in [0, 0.1) is 6.92 Å². The quantitative estimate of drug-likeness (QED) is 0.515. The van der Waals surface area contributed by atoms with Crippen LogP contribution >= 0.6 is 15.9 Å². The molecular weight excluding hydrogens is 278 g/mol. The molecule has 0 amide bonds. The fourth-order valence-corrected chi connectivity index (χ4v) is 2.11. The number of aryl methyl sites for hydroxylation is 1. The Morgan fingerprint density at radius 3 is 2.65 bits per heavy atom. The minimum atomic E-state index is 0.750. The number of hydrogen-bond acceptors (Lipinski definition) is 2. The van der Waals surface area contributed by atoms with Crippen molar-refractivity contribution in [3.8, 4) is 5.75 Å². The first-order chi connectivity index (χ1) is 8.27. The molecule has 0 aliphatic rings. The molecule has 2 nitrogen and oxygen atoms in total. The number of alkyl halides is 1. The van der Waals surface area contributed by atoms with Gasteiger partial charge in [-0.1, -0.05) is 48.5 Å². The van der Waals surface area contributed by atoms with Crippen molar-refractivity contribution in [1.82, 2.24) is 4.98 Å². The number of unbranched alkanes of at least 4 members (excludes halogenated alkanes) is 4. The van der Waals surface area contributed by atoms with E-state index in [0.29, 0.717) is 0 Å². The fraction of sp³-hybridized carbons (Fsp3) is 0.643. The molecule has 0 aliphatic carbocycles. The van der Waals surface area contributed by atoms with Crippen molar-refractivity contribution >= 4 is 15.9 Å². The summed E-state index contributed by atoms with van der Waals surface area (Å²) >= 11 is 3.44. The van der Waals surface area contributed by atoms with E-state index < -0.39 is 0 Å². The second-order valence-corrected chi connectivity index (χ2v) is 4.85. The van der Waals surface area contributed by atoms with E-state index in [2.05, 4.69) is 27.8 Å². The summed E-state index contributed by atoms with van der Waals surface area (Å²) in [7, 11) is 0. The van der Waals surface area contributed by atoms with E-state index in [9.17, 15) is 0 Å². The normalized spacial score (nSPS) is 10.5. The Bertz CT molecular complexity index is 328. The highest BCUT2D eigenvalue weighted by molar-refractivity contribution is 9.08. The van der Waals surface area contributed by atoms with Crippen LogP contribution in [0.15, 0.2) is 12.1 Å². The van der Waals surface area contributed by atoms with Gasteiger partial charge in [-0.2, -0.15) is 0 Å². The molecular formula is C14H22BrNO. The number of rotatable bonds is 8. The van der Waals surface area contributed by atoms with Gasteiger partial charge in [-0.05, 0) is 25.5 Å². The fourth-order valence-electron chi connectivity index (χ4n) is 1.71. The third kappa shape index (κ3) is 5.53. The summed E-state index contributed by atoms with van der Waals surface area (Å²) in [6.07, 6.45) is 6.33. The molecule has 1 rings (SSSR count). The summed E-state index contributed by atoms with van der Waals surface area (Å²) in [4.78, 5) is 4.45. The monoisotopic (exact) mass is 299 g/mol. The van der Waals surface area contributed by atoms with E-state index in [1.54, 1.807) is 0 Å². The lowest BCUT2D eigenvalue weighted by Crippen LogP contribution is -2.01. The largest absolute Gasteiger partial charge is 0.492 e. The summed E-state index contributed by atoms with van der Waals surface area (Å²) in [6.45, 7) is 5.03. The highest BCUT2D eigenvalue weighted by Gasteiger charge is 2.04. The van der Waals surface area contributed by atoms with Crippen LogP contribution in [0.25, 0.3) is 0 Å². The van der Waals surface area contributed by atoms with Gasteiger partial charge in [0, 0.05) is 11.0 Å². The van der Waals surface area contributed by atoms with E-state index in [0.717, 1.165) is 35.5 Å². The third-order valence-electron chi connectivity index (χ3n) is 2.70. The van der Waals surface area contributed by atoms with Crippen molar-refractivity contribution < 1.29 is 4.74 Å². The molecule has 0 aromatic carbocycles. The minimum absolute atomic E-state index is 0.750. The predicted octanol–water partition coefficient (Wildman–Crippen LogP) is 4.63. The zero-order chi connectivity index (χ0) is 12.5. The van der Waals surface area contributed by atoms with Crippen molar-refractivity contribution in [2.45, 2.75) is 51.3 Å². The Morgan fingerprint density at radius 1 is 1.18 bits per heavy atom. The van der Waals surface area contributed by atoms with Crippen molar-refractivity contribution in [1.29, 1.82) is 0 Å². The molecule has 0 aliphatic heterocycles. The number of hydrogen-bond donors (Lipinski definition) is 0. The lowest BCUT2D eigenvalue weighted by atomic mass is 10.2. The first-order valence-corrected chi connectivity index (χ1v) is 7.55. The maximum Gasteiger partial charge on any atom is 0.141 e. The molecule has 0 bridgehead atoms. The van der Waals surface area contributed by atoms with Crippen LogP contribution in [0.2, 0.25) is 0 Å². The standard InChI is InChI=1S/C14H22BrNO/c1-3-4-5-6-7-10-17-14-9-8-12(2)16-13(14)11-15/h8-9H,3-7,10-11H2,1-2H3. The highest BCUT2D eigenvalue weighted by Crippen LogP contribution is 2.19. The van der Waals surface area contributed by atoms with Crippen LogP contribution in [0.3, 0.4) is 0 Å². The lowest BCUT2D eigenvalue weighted by molar-refractivity contribution is 0.301. The molecule has 1 heterocycles. The third-order valence-corrected chi connectivity index (χ3v) is 3.23. The average Bonchev–Trinajstić information content (AvgIpc) is 2.35. The van der Waals surface area contributed by atoms with E-state index in [1.807, 2.05) is 19.1 Å². The van der Waals surface area contributed by atoms with Crippen LogP contribution in [0.5, 0.6) is 5.75 Å². The van der Waals surface area contributed by atoms with Gasteiger partial charge in [0.1, 0.15) is 5.75 Å². The number of ether oxygens (including phenoxy) is 1. The van der Waals surface area contributed by atoms with Crippen molar-refractivity contribution in [3.63, 3.8) is 0 Å². The molecule has 17 heavy (non-hydrogen) atoms. The van der Waals surface area contributed by atoms with Gasteiger partial charge < -0.3 is 4.74 Å². The summed E-state index contributed by atoms with van der Waals surface area (Å²) in [5, 5.41) is 0.750. The van der Waals surface area contributed by atoms with Crippen LogP contribution in [-0.2, 0) is 5.33 Å². The molecule has 0 radical (unpaired) electrons. The van der Waals surface area contributed by atoms with Crippen LogP contribution in [-0.4, -0.2) is 11.6 Å². The summed E-state index contributed by atoms with van der Waals surface area (Å²) in [5.41, 5.74) is 2.04. The first kappa shape index (κ1) is 14.5. The molecule has 96 valence electrons. The molecule has 3 heteroatoms. The smallest absolute Gasteiger partial charge is 0.141 e. The Kier molecular flexibility index (Phi) is 7.25. The lowest BCUT2D eigenvalue weighted by Gasteiger charge is -2.09. The van der Waals surface area contributed by atoms with Gasteiger partial charge >= 0.3 is 0 Å². The second-order valence-electron chi connectivity index (χ2n) is 4.29. The van der Waals surface area contributed by atoms with E-state index in [-0.39, 0.29) is 0 Å². The summed E-state index contributed by atoms with van der Waals surface area (Å²) in [6, 6.07) is 4.02. The molecule has 0 fully saturated rings. The average molecular weight is 300 g/mol. The van der Waals surface area contributed by atoms with Gasteiger partial charge in [-0.15, -0.1) is 0 Å². The van der Waals surface area contributed by atoms with Crippen LogP contribution in [0.4, 0.5) is 0 Å². The second kappa shape index (κ2) is 8.51. The number of halogens is 1. The van der Waals surface area contributed by atoms with Gasteiger partial charge in [-0.3, -0.25) is 4.98 Å². The number of nitrogens with zero attached hydrogens (tertiary/aromatic N) is 1. The van der Waals surface area contributed by atoms with E-state index in [4.69, 9.17) is 4.74 Å². The topological polar surface area (TPSA) is 22.1 Å². The molecule has 1 aromatic rings. The van der Waals surface area contributed by atoms with Crippen molar-refractivity contribution in [3.05, 3.63) is 23.5 Å². The Balaban J connectivity index is 2.31. The molecule has 0 saturated carbocycles. The SMILES string of the molecule is CCCCCCCOc1ccc(C)nc1CBr. The summed E-state index contributed by atoms with van der Waals surface area (Å²) < 4.78 is 5.77. The predicted molar refractivity (Wildman–Crippen MR) is 75.9 cm³/mol. The summed E-state index contributed by atoms with van der Waals surface area (Å²) in [5.74, 6) is 0.919. The van der Waals surface area contributed by atoms with Gasteiger partial charge in [0.25, 0.3) is 0 Å². The Labute approximate surface area is 113 Å². The van der Waals surface area contributed by atoms with Crippen molar-refractivity contribution in [2.75, 3.05) is 6.61 Å². The molecule has 0 atom stereocenters. The van der Waals surface area contributed by atoms with E-state index in [1.165, 1.54) is 25.7 Å². The van der Waals surface area contributed by atoms with Gasteiger partial charge in [0.05, 0.1) is 12.3 Å².